The van der Waals surface area contributed by atoms with Gasteiger partial charge in [-0.1, -0.05) is 45.9 Å². The van der Waals surface area contributed by atoms with Gasteiger partial charge in [-0.15, -0.1) is 23.5 Å². The number of aliphatic hydroxyl groups excluding tert-OH is 1. The van der Waals surface area contributed by atoms with E-state index in [1.807, 2.05) is 47.6 Å². The highest BCUT2D eigenvalue weighted by atomic mass is 32.2. The van der Waals surface area contributed by atoms with Crippen LogP contribution in [0.25, 0.3) is 10.8 Å². The molecule has 5 heterocycles. The number of Topliss-reactive ketones (excluding diaryl/α,β-unsaturated/α-hetero) is 1. The minimum Gasteiger partial charge on any atom is -0.507 e. The fourth-order valence-corrected chi connectivity index (χ4v) is 11.1. The van der Waals surface area contributed by atoms with E-state index < -0.39 is 51.6 Å². The second-order valence-corrected chi connectivity index (χ2v) is 18.4. The topological polar surface area (TPSA) is 173 Å². The molecule has 300 valence electrons. The number of rotatable bonds is 2. The Bertz CT molecular complexity index is 1950. The van der Waals surface area contributed by atoms with Gasteiger partial charge in [0.25, 0.3) is 11.7 Å². The van der Waals surface area contributed by atoms with Crippen LogP contribution in [0.4, 0.5) is 5.69 Å². The van der Waals surface area contributed by atoms with Crippen molar-refractivity contribution in [3.8, 4) is 23.0 Å². The fourth-order valence-electron chi connectivity index (χ4n) is 8.19. The van der Waals surface area contributed by atoms with E-state index >= 15 is 0 Å². The first-order valence-corrected chi connectivity index (χ1v) is 20.7. The number of aromatic hydroxyl groups is 3. The maximum absolute atomic E-state index is 14.4. The number of benzene rings is 2. The van der Waals surface area contributed by atoms with Crippen LogP contribution in [0.1, 0.15) is 81.5 Å². The zero-order valence-electron chi connectivity index (χ0n) is 33.0. The summed E-state index contributed by atoms with van der Waals surface area (Å²) in [5.41, 5.74) is 0.506. The van der Waals surface area contributed by atoms with Gasteiger partial charge in [0, 0.05) is 71.3 Å². The molecule has 5 N–H and O–H groups in total. The molecule has 7 bridgehead atoms. The number of amides is 1. The minimum absolute atomic E-state index is 0.00560. The van der Waals surface area contributed by atoms with Crippen LogP contribution < -0.4 is 10.1 Å². The highest BCUT2D eigenvalue weighted by Crippen LogP contribution is 2.60. The van der Waals surface area contributed by atoms with E-state index in [9.17, 15) is 30.0 Å². The highest BCUT2D eigenvalue weighted by Gasteiger charge is 2.51. The highest BCUT2D eigenvalue weighted by molar-refractivity contribution is 8.19. The Kier molecular flexibility index (Phi) is 11.6. The van der Waals surface area contributed by atoms with Crippen molar-refractivity contribution in [1.82, 2.24) is 0 Å². The first-order chi connectivity index (χ1) is 25.8. The Morgan fingerprint density at radius 3 is 2.15 bits per heavy atom. The SMILES string of the molecule is COC1C=COC2(C)Oc3c(C)c(O)c4c(O)c(c(C5SCCS5)c(O)c4c3C2=O)NC(=O)C(C)=CC=CC(C)C(O)C(C)C2OC(C)(C)OC(C1C)C2C. The van der Waals surface area contributed by atoms with Crippen molar-refractivity contribution in [3.05, 3.63) is 52.8 Å². The van der Waals surface area contributed by atoms with Crippen molar-refractivity contribution in [1.29, 1.82) is 0 Å². The van der Waals surface area contributed by atoms with E-state index in [1.165, 1.54) is 43.6 Å². The predicted molar refractivity (Wildman–Crippen MR) is 214 cm³/mol. The van der Waals surface area contributed by atoms with Crippen LogP contribution in [0, 0.1) is 30.6 Å². The molecule has 14 heteroatoms. The van der Waals surface area contributed by atoms with Crippen molar-refractivity contribution in [2.75, 3.05) is 23.9 Å². The molecule has 0 radical (unpaired) electrons. The largest absolute Gasteiger partial charge is 0.507 e. The predicted octanol–water partition coefficient (Wildman–Crippen LogP) is 7.46. The monoisotopic (exact) mass is 799 g/mol. The van der Waals surface area contributed by atoms with Crippen LogP contribution in [-0.2, 0) is 23.7 Å². The van der Waals surface area contributed by atoms with Crippen molar-refractivity contribution < 1.29 is 53.7 Å². The summed E-state index contributed by atoms with van der Waals surface area (Å²) < 4.78 is 30.7. The van der Waals surface area contributed by atoms with Crippen LogP contribution in [0.5, 0.6) is 23.0 Å². The molecule has 0 saturated carbocycles. The first-order valence-electron chi connectivity index (χ1n) is 18.6. The third kappa shape index (κ3) is 7.34. The van der Waals surface area contributed by atoms with E-state index in [4.69, 9.17) is 23.7 Å². The first kappa shape index (κ1) is 41.2. The number of methoxy groups -OCH3 is 1. The number of hydrogen-bond acceptors (Lipinski definition) is 13. The molecule has 7 rings (SSSR count). The maximum Gasteiger partial charge on any atom is 0.312 e. The van der Waals surface area contributed by atoms with E-state index in [2.05, 4.69) is 5.32 Å². The van der Waals surface area contributed by atoms with E-state index in [1.54, 1.807) is 32.3 Å². The molecule has 0 aromatic heterocycles. The molecule has 55 heavy (non-hydrogen) atoms. The lowest BCUT2D eigenvalue weighted by molar-refractivity contribution is -0.341. The Morgan fingerprint density at radius 1 is 0.873 bits per heavy atom. The van der Waals surface area contributed by atoms with E-state index in [0.29, 0.717) is 0 Å². The van der Waals surface area contributed by atoms with Crippen LogP contribution in [-0.4, -0.2) is 86.7 Å². The Labute approximate surface area is 330 Å². The number of ketones is 1. The Balaban J connectivity index is 1.52. The van der Waals surface area contributed by atoms with Gasteiger partial charge in [0.1, 0.15) is 17.2 Å². The molecule has 5 aliphatic heterocycles. The van der Waals surface area contributed by atoms with Crippen molar-refractivity contribution >= 4 is 51.7 Å². The Morgan fingerprint density at radius 2 is 1.51 bits per heavy atom. The van der Waals surface area contributed by atoms with Crippen molar-refractivity contribution in [2.45, 2.75) is 103 Å². The molecular formula is C41H53NO11S2. The van der Waals surface area contributed by atoms with Crippen LogP contribution in [0.15, 0.2) is 36.1 Å². The third-order valence-electron chi connectivity index (χ3n) is 11.4. The summed E-state index contributed by atoms with van der Waals surface area (Å²) in [7, 11) is 1.57. The number of hydrogen-bond donors (Lipinski definition) is 5. The number of anilines is 1. The molecule has 9 unspecified atom stereocenters. The molecular weight excluding hydrogens is 747 g/mol. The second kappa shape index (κ2) is 15.5. The van der Waals surface area contributed by atoms with Gasteiger partial charge < -0.3 is 49.4 Å². The standard InChI is InChI=1S/C41H53NO11S2/c1-18-12-11-13-19(2)38(48)42-29-28(39-54-16-17-55-39)32(45)25-26(33(29)46)31(44)22(5)36-27(25)37(47)41(9,53-36)50-15-14-24(49-10)20(3)34-23(6)35(21(4)30(18)43)52-40(7,8)51-34/h11-15,18,20-21,23-24,30,34-35,39,43-46H,16-17H2,1-10H3,(H,42,48). The van der Waals surface area contributed by atoms with Gasteiger partial charge in [-0.2, -0.15) is 0 Å². The summed E-state index contributed by atoms with van der Waals surface area (Å²) in [6, 6.07) is 0. The van der Waals surface area contributed by atoms with Crippen LogP contribution in [0.2, 0.25) is 0 Å². The number of thioether (sulfide) groups is 2. The van der Waals surface area contributed by atoms with Gasteiger partial charge in [0.2, 0.25) is 0 Å². The molecule has 0 aliphatic carbocycles. The lowest BCUT2D eigenvalue weighted by Crippen LogP contribution is -2.57. The van der Waals surface area contributed by atoms with E-state index in [0.717, 1.165) is 11.5 Å². The average Bonchev–Trinajstić information content (AvgIpc) is 3.76. The quantitative estimate of drug-likeness (QED) is 0.150. The number of fused-ring (bicyclic) bond motifs is 10. The molecule has 9 atom stereocenters. The summed E-state index contributed by atoms with van der Waals surface area (Å²) in [4.78, 5) is 28.1. The molecule has 2 saturated heterocycles. The summed E-state index contributed by atoms with van der Waals surface area (Å²) in [6.07, 6.45) is 6.05. The zero-order chi connectivity index (χ0) is 40.3. The molecule has 12 nitrogen and oxygen atoms in total. The minimum atomic E-state index is -1.92. The molecule has 2 fully saturated rings. The van der Waals surface area contributed by atoms with E-state index in [-0.39, 0.29) is 86.1 Å². The van der Waals surface area contributed by atoms with Gasteiger partial charge in [0.05, 0.1) is 51.9 Å². The summed E-state index contributed by atoms with van der Waals surface area (Å²) in [5.74, 6) is -4.91. The zero-order valence-corrected chi connectivity index (χ0v) is 34.6. The molecule has 0 spiro atoms. The number of carbonyl (C=O) groups excluding carboxylic acids is 2. The number of phenols is 3. The van der Waals surface area contributed by atoms with Gasteiger partial charge >= 0.3 is 5.79 Å². The fraction of sp³-hybridized carbons (Fsp3) is 0.561. The summed E-state index contributed by atoms with van der Waals surface area (Å²) >= 11 is 3.04. The normalized spacial score (nSPS) is 33.1. The van der Waals surface area contributed by atoms with Crippen LogP contribution >= 0.6 is 23.5 Å². The Hall–Kier alpha value is -3.40. The molecule has 2 aromatic carbocycles. The molecule has 2 aromatic rings. The third-order valence-corrected chi connectivity index (χ3v) is 14.4. The maximum atomic E-state index is 14.4. The summed E-state index contributed by atoms with van der Waals surface area (Å²) in [6.45, 7) is 16.2. The van der Waals surface area contributed by atoms with Gasteiger partial charge in [-0.3, -0.25) is 9.59 Å². The smallest absolute Gasteiger partial charge is 0.312 e. The number of phenolic OH excluding ortho intramolecular Hbond substituents is 3. The molecule has 5 aliphatic rings. The molecule has 1 amide bonds. The number of aliphatic hydroxyl groups is 1. The lowest BCUT2D eigenvalue weighted by Gasteiger charge is -2.50. The summed E-state index contributed by atoms with van der Waals surface area (Å²) in [5, 5.41) is 49.6. The van der Waals surface area contributed by atoms with Gasteiger partial charge in [-0.05, 0) is 33.8 Å². The average molecular weight is 800 g/mol. The van der Waals surface area contributed by atoms with Crippen molar-refractivity contribution in [2.24, 2.45) is 23.7 Å². The van der Waals surface area contributed by atoms with Gasteiger partial charge in [-0.25, -0.2) is 0 Å². The number of carbonyl (C=O) groups is 2. The van der Waals surface area contributed by atoms with Crippen LogP contribution in [0.3, 0.4) is 0 Å². The van der Waals surface area contributed by atoms with Gasteiger partial charge in [0.15, 0.2) is 11.5 Å². The second-order valence-electron chi connectivity index (χ2n) is 15.7. The number of allylic oxidation sites excluding steroid dienone is 2. The number of nitrogens with one attached hydrogen (secondary N) is 1. The number of ether oxygens (including phenoxy) is 5. The van der Waals surface area contributed by atoms with Crippen molar-refractivity contribution in [3.63, 3.8) is 0 Å². The lowest BCUT2D eigenvalue weighted by atomic mass is 9.77.